The Balaban J connectivity index is 2.83. The third-order valence-electron chi connectivity index (χ3n) is 3.02. The van der Waals surface area contributed by atoms with Crippen LogP contribution < -0.4 is 10.6 Å². The Morgan fingerprint density at radius 3 is 2.17 bits per heavy atom. The van der Waals surface area contributed by atoms with Crippen LogP contribution in [0, 0.1) is 5.92 Å². The number of likely N-dealkylation sites (N-methyl/N-ethyl adjacent to an activating group) is 1. The van der Waals surface area contributed by atoms with Gasteiger partial charge in [0.2, 0.25) is 5.91 Å². The number of carbonyl (C=O) groups is 1. The van der Waals surface area contributed by atoms with Crippen molar-refractivity contribution in [2.75, 3.05) is 7.05 Å². The second-order valence-electron chi connectivity index (χ2n) is 4.79. The average Bonchev–Trinajstić information content (AvgIpc) is 2.35. The molecule has 0 aliphatic rings. The maximum Gasteiger partial charge on any atom is 0.237 e. The summed E-state index contributed by atoms with van der Waals surface area (Å²) in [6.07, 6.45) is 0. The van der Waals surface area contributed by atoms with Crippen LogP contribution in [0.4, 0.5) is 0 Å². The van der Waals surface area contributed by atoms with Crippen molar-refractivity contribution in [3.8, 4) is 0 Å². The van der Waals surface area contributed by atoms with Crippen LogP contribution in [-0.2, 0) is 4.79 Å². The normalized spacial score (nSPS) is 14.3. The first-order chi connectivity index (χ1) is 8.45. The predicted molar refractivity (Wildman–Crippen MR) is 75.7 cm³/mol. The zero-order valence-corrected chi connectivity index (χ0v) is 12.1. The lowest BCUT2D eigenvalue weighted by molar-refractivity contribution is -0.123. The molecular weight excluding hydrogens is 248 g/mol. The molecule has 2 atom stereocenters. The van der Waals surface area contributed by atoms with E-state index in [2.05, 4.69) is 24.5 Å². The largest absolute Gasteiger partial charge is 0.348 e. The van der Waals surface area contributed by atoms with E-state index >= 15 is 0 Å². The first kappa shape index (κ1) is 15.0. The summed E-state index contributed by atoms with van der Waals surface area (Å²) in [5, 5.41) is 6.70. The third kappa shape index (κ3) is 4.00. The SMILES string of the molecule is CNC(C)C(=O)NC(c1ccc(Cl)cc1)C(C)C. The number of halogens is 1. The second kappa shape index (κ2) is 6.76. The lowest BCUT2D eigenvalue weighted by Gasteiger charge is -2.24. The number of benzene rings is 1. The van der Waals surface area contributed by atoms with E-state index in [1.807, 2.05) is 31.2 Å². The highest BCUT2D eigenvalue weighted by Gasteiger charge is 2.20. The summed E-state index contributed by atoms with van der Waals surface area (Å²) in [7, 11) is 1.77. The number of amides is 1. The van der Waals surface area contributed by atoms with Gasteiger partial charge in [0.15, 0.2) is 0 Å². The maximum absolute atomic E-state index is 11.9. The smallest absolute Gasteiger partial charge is 0.237 e. The van der Waals surface area contributed by atoms with Crippen LogP contribution in [0.3, 0.4) is 0 Å². The molecule has 100 valence electrons. The lowest BCUT2D eigenvalue weighted by Crippen LogP contribution is -2.43. The van der Waals surface area contributed by atoms with Crippen LogP contribution in [0.2, 0.25) is 5.02 Å². The molecule has 2 unspecified atom stereocenters. The zero-order valence-electron chi connectivity index (χ0n) is 11.3. The van der Waals surface area contributed by atoms with Gasteiger partial charge in [0, 0.05) is 5.02 Å². The fourth-order valence-corrected chi connectivity index (χ4v) is 1.84. The van der Waals surface area contributed by atoms with Crippen molar-refractivity contribution in [2.24, 2.45) is 5.92 Å². The molecule has 0 aromatic heterocycles. The molecule has 4 heteroatoms. The Hall–Kier alpha value is -1.06. The monoisotopic (exact) mass is 268 g/mol. The fourth-order valence-electron chi connectivity index (χ4n) is 1.71. The average molecular weight is 269 g/mol. The molecule has 0 aliphatic carbocycles. The highest BCUT2D eigenvalue weighted by molar-refractivity contribution is 6.30. The molecule has 3 nitrogen and oxygen atoms in total. The molecule has 0 fully saturated rings. The lowest BCUT2D eigenvalue weighted by atomic mass is 9.96. The first-order valence-electron chi connectivity index (χ1n) is 6.18. The zero-order chi connectivity index (χ0) is 13.7. The number of hydrogen-bond donors (Lipinski definition) is 2. The van der Waals surface area contributed by atoms with Crippen LogP contribution in [0.5, 0.6) is 0 Å². The van der Waals surface area contributed by atoms with Gasteiger partial charge in [-0.1, -0.05) is 37.6 Å². The van der Waals surface area contributed by atoms with Crippen LogP contribution in [0.1, 0.15) is 32.4 Å². The van der Waals surface area contributed by atoms with E-state index in [1.165, 1.54) is 0 Å². The highest BCUT2D eigenvalue weighted by Crippen LogP contribution is 2.23. The van der Waals surface area contributed by atoms with Crippen molar-refractivity contribution in [1.82, 2.24) is 10.6 Å². The summed E-state index contributed by atoms with van der Waals surface area (Å²) < 4.78 is 0. The number of nitrogens with one attached hydrogen (secondary N) is 2. The van der Waals surface area contributed by atoms with Gasteiger partial charge < -0.3 is 10.6 Å². The molecule has 1 amide bonds. The van der Waals surface area contributed by atoms with E-state index in [0.29, 0.717) is 10.9 Å². The molecule has 0 bridgehead atoms. The molecule has 0 saturated heterocycles. The van der Waals surface area contributed by atoms with Gasteiger partial charge in [-0.15, -0.1) is 0 Å². The van der Waals surface area contributed by atoms with E-state index in [0.717, 1.165) is 5.56 Å². The van der Waals surface area contributed by atoms with Gasteiger partial charge in [-0.2, -0.15) is 0 Å². The van der Waals surface area contributed by atoms with Crippen LogP contribution >= 0.6 is 11.6 Å². The minimum atomic E-state index is -0.196. The minimum absolute atomic E-state index is 0.00515. The van der Waals surface area contributed by atoms with Gasteiger partial charge in [-0.25, -0.2) is 0 Å². The number of hydrogen-bond acceptors (Lipinski definition) is 2. The topological polar surface area (TPSA) is 41.1 Å². The van der Waals surface area contributed by atoms with Crippen molar-refractivity contribution in [3.05, 3.63) is 34.9 Å². The molecule has 0 aliphatic heterocycles. The Labute approximate surface area is 114 Å². The molecule has 1 aromatic rings. The Morgan fingerprint density at radius 1 is 1.17 bits per heavy atom. The van der Waals surface area contributed by atoms with Gasteiger partial charge in [-0.3, -0.25) is 4.79 Å². The molecule has 1 rings (SSSR count). The van der Waals surface area contributed by atoms with Gasteiger partial charge in [0.05, 0.1) is 12.1 Å². The van der Waals surface area contributed by atoms with E-state index in [1.54, 1.807) is 7.05 Å². The first-order valence-corrected chi connectivity index (χ1v) is 6.56. The number of carbonyl (C=O) groups excluding carboxylic acids is 1. The molecule has 18 heavy (non-hydrogen) atoms. The summed E-state index contributed by atoms with van der Waals surface area (Å²) in [4.78, 5) is 11.9. The Morgan fingerprint density at radius 2 is 1.72 bits per heavy atom. The Kier molecular flexibility index (Phi) is 5.63. The van der Waals surface area contributed by atoms with E-state index in [-0.39, 0.29) is 18.0 Å². The Bertz CT molecular complexity index is 389. The second-order valence-corrected chi connectivity index (χ2v) is 5.23. The molecule has 0 radical (unpaired) electrons. The summed E-state index contributed by atoms with van der Waals surface area (Å²) >= 11 is 5.88. The summed E-state index contributed by atoms with van der Waals surface area (Å²) in [5.41, 5.74) is 1.08. The van der Waals surface area contributed by atoms with Gasteiger partial charge in [-0.05, 0) is 37.6 Å². The van der Waals surface area contributed by atoms with Gasteiger partial charge >= 0.3 is 0 Å². The minimum Gasteiger partial charge on any atom is -0.348 e. The predicted octanol–water partition coefficient (Wildman–Crippen LogP) is 2.76. The van der Waals surface area contributed by atoms with E-state index in [9.17, 15) is 4.79 Å². The molecule has 2 N–H and O–H groups in total. The number of rotatable bonds is 5. The van der Waals surface area contributed by atoms with Crippen molar-refractivity contribution in [2.45, 2.75) is 32.9 Å². The van der Waals surface area contributed by atoms with E-state index < -0.39 is 0 Å². The fraction of sp³-hybridized carbons (Fsp3) is 0.500. The summed E-state index contributed by atoms with van der Waals surface area (Å²) in [5.74, 6) is 0.324. The van der Waals surface area contributed by atoms with Gasteiger partial charge in [0.25, 0.3) is 0 Å². The highest BCUT2D eigenvalue weighted by atomic mass is 35.5. The van der Waals surface area contributed by atoms with Crippen molar-refractivity contribution in [3.63, 3.8) is 0 Å². The standard InChI is InChI=1S/C14H21ClN2O/c1-9(2)13(17-14(18)10(3)16-4)11-5-7-12(15)8-6-11/h5-10,13,16H,1-4H3,(H,17,18). The van der Waals surface area contributed by atoms with Crippen molar-refractivity contribution < 1.29 is 4.79 Å². The quantitative estimate of drug-likeness (QED) is 0.862. The van der Waals surface area contributed by atoms with Crippen molar-refractivity contribution >= 4 is 17.5 Å². The van der Waals surface area contributed by atoms with Gasteiger partial charge in [0.1, 0.15) is 0 Å². The molecule has 0 spiro atoms. The van der Waals surface area contributed by atoms with Crippen LogP contribution in [0.15, 0.2) is 24.3 Å². The van der Waals surface area contributed by atoms with E-state index in [4.69, 9.17) is 11.6 Å². The van der Waals surface area contributed by atoms with Crippen molar-refractivity contribution in [1.29, 1.82) is 0 Å². The summed E-state index contributed by atoms with van der Waals surface area (Å²) in [6, 6.07) is 7.42. The third-order valence-corrected chi connectivity index (χ3v) is 3.27. The summed E-state index contributed by atoms with van der Waals surface area (Å²) in [6.45, 7) is 6.02. The molecule has 1 aromatic carbocycles. The van der Waals surface area contributed by atoms with Crippen LogP contribution in [0.25, 0.3) is 0 Å². The molecule has 0 heterocycles. The maximum atomic E-state index is 11.9. The molecule has 0 saturated carbocycles. The van der Waals surface area contributed by atoms with Crippen LogP contribution in [-0.4, -0.2) is 19.0 Å². The molecular formula is C14H21ClN2O.